The van der Waals surface area contributed by atoms with E-state index in [1.165, 1.54) is 0 Å². The van der Waals surface area contributed by atoms with E-state index in [1.54, 1.807) is 18.2 Å². The van der Waals surface area contributed by atoms with Gasteiger partial charge in [0.1, 0.15) is 5.52 Å². The molecular formula is C22H27ClN4O3. The van der Waals surface area contributed by atoms with Crippen LogP contribution in [-0.2, 0) is 11.2 Å². The van der Waals surface area contributed by atoms with Crippen LogP contribution in [0.2, 0.25) is 5.02 Å². The Kier molecular flexibility index (Phi) is 7.81. The lowest BCUT2D eigenvalue weighted by atomic mass is 10.00. The Labute approximate surface area is 180 Å². The number of oxazole rings is 1. The first kappa shape index (κ1) is 22.2. The standard InChI is InChI=1S/C22H27ClN4O3/c23-15-8-4-10-18-19(15)27-22(30-18)20(28)17(12-11-14-6-2-1-3-7-14)26-21(29)16(25)9-5-13-24/h1-4,6-8,10,16-17,20,28H,5,9,11-13,24-25H2,(H,26,29)/t16-,17-,20?/m1/s1. The normalized spacial score (nSPS) is 14.4. The number of hydrogen-bond acceptors (Lipinski definition) is 6. The van der Waals surface area contributed by atoms with Crippen LogP contribution in [0.15, 0.2) is 52.9 Å². The number of carbonyl (C=O) groups is 1. The third kappa shape index (κ3) is 5.58. The predicted molar refractivity (Wildman–Crippen MR) is 117 cm³/mol. The molecule has 3 aromatic rings. The van der Waals surface area contributed by atoms with Crippen molar-refractivity contribution in [2.45, 2.75) is 43.9 Å². The molecule has 8 heteroatoms. The molecule has 1 unspecified atom stereocenters. The summed E-state index contributed by atoms with van der Waals surface area (Å²) in [6.45, 7) is 0.463. The Balaban J connectivity index is 1.79. The van der Waals surface area contributed by atoms with E-state index in [0.717, 1.165) is 5.56 Å². The van der Waals surface area contributed by atoms with Crippen LogP contribution in [-0.4, -0.2) is 34.6 Å². The zero-order valence-corrected chi connectivity index (χ0v) is 17.4. The Morgan fingerprint density at radius 2 is 1.93 bits per heavy atom. The maximum atomic E-state index is 12.6. The topological polar surface area (TPSA) is 127 Å². The minimum Gasteiger partial charge on any atom is -0.438 e. The largest absolute Gasteiger partial charge is 0.438 e. The fourth-order valence-electron chi connectivity index (χ4n) is 3.27. The number of hydrogen-bond donors (Lipinski definition) is 4. The number of aliphatic hydroxyl groups is 1. The summed E-state index contributed by atoms with van der Waals surface area (Å²) in [5.41, 5.74) is 13.5. The van der Waals surface area contributed by atoms with Gasteiger partial charge < -0.3 is 26.3 Å². The minimum absolute atomic E-state index is 0.104. The van der Waals surface area contributed by atoms with Gasteiger partial charge in [-0.3, -0.25) is 4.79 Å². The summed E-state index contributed by atoms with van der Waals surface area (Å²) in [6, 6.07) is 13.7. The van der Waals surface area contributed by atoms with E-state index in [-0.39, 0.29) is 11.8 Å². The summed E-state index contributed by atoms with van der Waals surface area (Å²) < 4.78 is 5.71. The van der Waals surface area contributed by atoms with Crippen LogP contribution in [0.5, 0.6) is 0 Å². The average Bonchev–Trinajstić information content (AvgIpc) is 3.20. The molecule has 2 aromatic carbocycles. The molecule has 0 aliphatic heterocycles. The molecular weight excluding hydrogens is 404 g/mol. The minimum atomic E-state index is -1.15. The summed E-state index contributed by atoms with van der Waals surface area (Å²) in [4.78, 5) is 16.9. The van der Waals surface area contributed by atoms with Crippen LogP contribution in [0.25, 0.3) is 11.1 Å². The molecule has 0 aliphatic rings. The summed E-state index contributed by atoms with van der Waals surface area (Å²) >= 11 is 6.17. The van der Waals surface area contributed by atoms with Gasteiger partial charge in [0, 0.05) is 0 Å². The lowest BCUT2D eigenvalue weighted by Crippen LogP contribution is -2.48. The molecule has 1 aromatic heterocycles. The van der Waals surface area contributed by atoms with Crippen molar-refractivity contribution in [3.63, 3.8) is 0 Å². The molecule has 0 aliphatic carbocycles. The number of carbonyl (C=O) groups excluding carboxylic acids is 1. The number of amides is 1. The van der Waals surface area contributed by atoms with Crippen molar-refractivity contribution in [3.05, 3.63) is 65.0 Å². The van der Waals surface area contributed by atoms with Crippen molar-refractivity contribution >= 4 is 28.6 Å². The number of rotatable bonds is 10. The molecule has 6 N–H and O–H groups in total. The van der Waals surface area contributed by atoms with Crippen molar-refractivity contribution in [1.29, 1.82) is 0 Å². The molecule has 0 saturated carbocycles. The molecule has 0 saturated heterocycles. The fourth-order valence-corrected chi connectivity index (χ4v) is 3.47. The molecule has 0 bridgehead atoms. The molecule has 0 spiro atoms. The highest BCUT2D eigenvalue weighted by molar-refractivity contribution is 6.34. The smallest absolute Gasteiger partial charge is 0.237 e. The van der Waals surface area contributed by atoms with Crippen molar-refractivity contribution in [3.8, 4) is 0 Å². The number of nitrogens with two attached hydrogens (primary N) is 2. The predicted octanol–water partition coefficient (Wildman–Crippen LogP) is 2.70. The van der Waals surface area contributed by atoms with Crippen LogP contribution >= 0.6 is 11.6 Å². The third-order valence-electron chi connectivity index (χ3n) is 4.99. The lowest BCUT2D eigenvalue weighted by molar-refractivity contribution is -0.124. The number of halogens is 1. The van der Waals surface area contributed by atoms with Gasteiger partial charge >= 0.3 is 0 Å². The number of aromatic nitrogens is 1. The maximum Gasteiger partial charge on any atom is 0.237 e. The fraction of sp³-hybridized carbons (Fsp3) is 0.364. The lowest BCUT2D eigenvalue weighted by Gasteiger charge is -2.24. The number of nitrogens with zero attached hydrogens (tertiary/aromatic N) is 1. The Morgan fingerprint density at radius 3 is 2.63 bits per heavy atom. The van der Waals surface area contributed by atoms with Gasteiger partial charge in [-0.25, -0.2) is 4.98 Å². The van der Waals surface area contributed by atoms with E-state index in [2.05, 4.69) is 10.3 Å². The first-order valence-electron chi connectivity index (χ1n) is 10.0. The maximum absolute atomic E-state index is 12.6. The van der Waals surface area contributed by atoms with E-state index >= 15 is 0 Å². The van der Waals surface area contributed by atoms with Crippen molar-refractivity contribution in [2.75, 3.05) is 6.54 Å². The molecule has 160 valence electrons. The van der Waals surface area contributed by atoms with Gasteiger partial charge in [-0.2, -0.15) is 0 Å². The Bertz CT molecular complexity index is 963. The highest BCUT2D eigenvalue weighted by atomic mass is 35.5. The number of fused-ring (bicyclic) bond motifs is 1. The molecule has 1 amide bonds. The van der Waals surface area contributed by atoms with E-state index in [0.29, 0.717) is 48.4 Å². The van der Waals surface area contributed by atoms with Crippen LogP contribution in [0, 0.1) is 0 Å². The number of nitrogens with one attached hydrogen (secondary N) is 1. The molecule has 0 radical (unpaired) electrons. The van der Waals surface area contributed by atoms with Crippen molar-refractivity contribution in [1.82, 2.24) is 10.3 Å². The van der Waals surface area contributed by atoms with Gasteiger partial charge in [-0.05, 0) is 49.9 Å². The summed E-state index contributed by atoms with van der Waals surface area (Å²) in [5.74, 6) is -0.235. The summed E-state index contributed by atoms with van der Waals surface area (Å²) in [6.07, 6.45) is 1.11. The van der Waals surface area contributed by atoms with Gasteiger partial charge in [-0.15, -0.1) is 0 Å². The van der Waals surface area contributed by atoms with E-state index in [1.807, 2.05) is 30.3 Å². The van der Waals surface area contributed by atoms with Crippen LogP contribution in [0.3, 0.4) is 0 Å². The Hall–Kier alpha value is -2.45. The molecule has 0 fully saturated rings. The number of aryl methyl sites for hydroxylation is 1. The van der Waals surface area contributed by atoms with E-state index in [4.69, 9.17) is 27.5 Å². The first-order valence-corrected chi connectivity index (χ1v) is 10.4. The molecule has 3 atom stereocenters. The highest BCUT2D eigenvalue weighted by Crippen LogP contribution is 2.28. The van der Waals surface area contributed by atoms with Gasteiger partial charge in [-0.1, -0.05) is 48.0 Å². The SMILES string of the molecule is NCCC[C@@H](N)C(=O)N[C@H](CCc1ccccc1)C(O)c1nc2c(Cl)cccc2o1. The van der Waals surface area contributed by atoms with Crippen LogP contribution in [0.1, 0.15) is 36.8 Å². The second-order valence-electron chi connectivity index (χ2n) is 7.26. The van der Waals surface area contributed by atoms with Crippen LogP contribution < -0.4 is 16.8 Å². The monoisotopic (exact) mass is 430 g/mol. The van der Waals surface area contributed by atoms with E-state index in [9.17, 15) is 9.90 Å². The van der Waals surface area contributed by atoms with E-state index < -0.39 is 18.2 Å². The van der Waals surface area contributed by atoms with Gasteiger partial charge in [0.25, 0.3) is 0 Å². The quantitative estimate of drug-likeness (QED) is 0.391. The Morgan fingerprint density at radius 1 is 1.17 bits per heavy atom. The van der Waals surface area contributed by atoms with Crippen LogP contribution in [0.4, 0.5) is 0 Å². The number of para-hydroxylation sites is 1. The molecule has 30 heavy (non-hydrogen) atoms. The first-order chi connectivity index (χ1) is 14.5. The van der Waals surface area contributed by atoms with Crippen molar-refractivity contribution < 1.29 is 14.3 Å². The van der Waals surface area contributed by atoms with Gasteiger partial charge in [0.2, 0.25) is 11.8 Å². The summed E-state index contributed by atoms with van der Waals surface area (Å²) in [5, 5.41) is 14.3. The number of aliphatic hydroxyl groups excluding tert-OH is 1. The number of benzene rings is 2. The van der Waals surface area contributed by atoms with Gasteiger partial charge in [0.15, 0.2) is 11.7 Å². The molecule has 7 nitrogen and oxygen atoms in total. The average molecular weight is 431 g/mol. The zero-order valence-electron chi connectivity index (χ0n) is 16.6. The summed E-state index contributed by atoms with van der Waals surface area (Å²) in [7, 11) is 0. The third-order valence-corrected chi connectivity index (χ3v) is 5.30. The second kappa shape index (κ2) is 10.5. The molecule has 3 rings (SSSR count). The zero-order chi connectivity index (χ0) is 21.5. The highest BCUT2D eigenvalue weighted by Gasteiger charge is 2.29. The van der Waals surface area contributed by atoms with Gasteiger partial charge in [0.05, 0.1) is 17.1 Å². The second-order valence-corrected chi connectivity index (χ2v) is 7.67. The van der Waals surface area contributed by atoms with Crippen molar-refractivity contribution in [2.24, 2.45) is 11.5 Å². The molecule has 1 heterocycles.